The molecule has 21 heavy (non-hydrogen) atoms. The third-order valence-corrected chi connectivity index (χ3v) is 3.72. The van der Waals surface area contributed by atoms with Gasteiger partial charge in [-0.25, -0.2) is 8.78 Å². The lowest BCUT2D eigenvalue weighted by molar-refractivity contribution is 0.543. The first-order valence-corrected chi connectivity index (χ1v) is 7.41. The van der Waals surface area contributed by atoms with E-state index in [-0.39, 0.29) is 0 Å². The molecule has 0 amide bonds. The Labute approximate surface area is 132 Å². The van der Waals surface area contributed by atoms with Gasteiger partial charge in [-0.3, -0.25) is 0 Å². The van der Waals surface area contributed by atoms with Crippen molar-refractivity contribution in [3.63, 3.8) is 0 Å². The van der Waals surface area contributed by atoms with Crippen molar-refractivity contribution in [3.05, 3.63) is 69.2 Å². The van der Waals surface area contributed by atoms with Crippen LogP contribution in [0, 0.1) is 11.6 Å². The second-order valence-corrected chi connectivity index (χ2v) is 5.56. The van der Waals surface area contributed by atoms with Crippen molar-refractivity contribution in [2.24, 2.45) is 0 Å². The monoisotopic (exact) mass is 329 g/mol. The van der Waals surface area contributed by atoms with Crippen molar-refractivity contribution < 1.29 is 8.78 Å². The molecule has 0 aliphatic heterocycles. The maximum Gasteiger partial charge on any atom is 0.128 e. The van der Waals surface area contributed by atoms with Crippen molar-refractivity contribution >= 4 is 23.2 Å². The van der Waals surface area contributed by atoms with Crippen LogP contribution in [0.25, 0.3) is 0 Å². The highest BCUT2D eigenvalue weighted by molar-refractivity contribution is 6.31. The van der Waals surface area contributed by atoms with Gasteiger partial charge < -0.3 is 5.32 Å². The standard InChI is InChI=1S/C16H15Cl2F2N/c1-2-7-21-16(12-9-11(19)4-5-14(12)18)13-8-10(17)3-6-15(13)20/h3-6,8-9,16,21H,2,7H2,1H3. The number of benzene rings is 2. The van der Waals surface area contributed by atoms with Crippen LogP contribution < -0.4 is 5.32 Å². The summed E-state index contributed by atoms with van der Waals surface area (Å²) in [6.45, 7) is 2.63. The van der Waals surface area contributed by atoms with Crippen LogP contribution in [0.5, 0.6) is 0 Å². The summed E-state index contributed by atoms with van der Waals surface area (Å²) < 4.78 is 27.6. The predicted octanol–water partition coefficient (Wildman–Crippen LogP) is 5.36. The number of hydrogen-bond donors (Lipinski definition) is 1. The van der Waals surface area contributed by atoms with Crippen molar-refractivity contribution in [2.75, 3.05) is 6.54 Å². The minimum absolute atomic E-state index is 0.350. The van der Waals surface area contributed by atoms with Crippen LogP contribution in [-0.4, -0.2) is 6.54 Å². The maximum absolute atomic E-state index is 14.1. The number of halogens is 4. The molecule has 0 radical (unpaired) electrons. The molecule has 2 aromatic rings. The summed E-state index contributed by atoms with van der Waals surface area (Å²) in [7, 11) is 0. The minimum Gasteiger partial charge on any atom is -0.306 e. The van der Waals surface area contributed by atoms with Crippen LogP contribution in [0.1, 0.15) is 30.5 Å². The van der Waals surface area contributed by atoms with Crippen molar-refractivity contribution in [1.82, 2.24) is 5.32 Å². The molecule has 5 heteroatoms. The summed E-state index contributed by atoms with van der Waals surface area (Å²) in [5.74, 6) is -0.825. The molecule has 0 saturated heterocycles. The lowest BCUT2D eigenvalue weighted by Gasteiger charge is -2.21. The van der Waals surface area contributed by atoms with Gasteiger partial charge in [0, 0.05) is 15.6 Å². The second-order valence-electron chi connectivity index (χ2n) is 4.72. The van der Waals surface area contributed by atoms with Gasteiger partial charge in [-0.2, -0.15) is 0 Å². The molecule has 0 spiro atoms. The van der Waals surface area contributed by atoms with Crippen LogP contribution in [0.2, 0.25) is 10.0 Å². The SMILES string of the molecule is CCCNC(c1cc(Cl)ccc1F)c1cc(F)ccc1Cl. The normalized spacial score (nSPS) is 12.4. The topological polar surface area (TPSA) is 12.0 Å². The maximum atomic E-state index is 14.1. The fourth-order valence-electron chi connectivity index (χ4n) is 2.15. The molecule has 112 valence electrons. The summed E-state index contributed by atoms with van der Waals surface area (Å²) in [5.41, 5.74) is 0.842. The average molecular weight is 330 g/mol. The van der Waals surface area contributed by atoms with E-state index in [0.29, 0.717) is 27.7 Å². The zero-order valence-corrected chi connectivity index (χ0v) is 13.0. The molecule has 1 unspecified atom stereocenters. The molecule has 0 aliphatic carbocycles. The van der Waals surface area contributed by atoms with Gasteiger partial charge in [0.25, 0.3) is 0 Å². The van der Waals surface area contributed by atoms with Crippen LogP contribution in [0.4, 0.5) is 8.78 Å². The van der Waals surface area contributed by atoms with E-state index in [1.165, 1.54) is 36.4 Å². The van der Waals surface area contributed by atoms with Gasteiger partial charge in [-0.15, -0.1) is 0 Å². The van der Waals surface area contributed by atoms with E-state index in [0.717, 1.165) is 6.42 Å². The molecule has 1 N–H and O–H groups in total. The number of rotatable bonds is 5. The lowest BCUT2D eigenvalue weighted by Crippen LogP contribution is -2.24. The Morgan fingerprint density at radius 2 is 1.81 bits per heavy atom. The zero-order chi connectivity index (χ0) is 15.4. The molecule has 0 saturated carbocycles. The summed E-state index contributed by atoms with van der Waals surface area (Å²) in [5, 5.41) is 3.99. The highest BCUT2D eigenvalue weighted by atomic mass is 35.5. The third kappa shape index (κ3) is 3.94. The molecular formula is C16H15Cl2F2N. The molecule has 1 atom stereocenters. The van der Waals surface area contributed by atoms with Gasteiger partial charge in [0.1, 0.15) is 11.6 Å². The van der Waals surface area contributed by atoms with Gasteiger partial charge in [-0.1, -0.05) is 30.1 Å². The minimum atomic E-state index is -0.549. The number of nitrogens with one attached hydrogen (secondary N) is 1. The zero-order valence-electron chi connectivity index (χ0n) is 11.5. The molecule has 1 nitrogen and oxygen atoms in total. The largest absolute Gasteiger partial charge is 0.306 e. The molecular weight excluding hydrogens is 315 g/mol. The van der Waals surface area contributed by atoms with E-state index in [1.807, 2.05) is 6.92 Å². The smallest absolute Gasteiger partial charge is 0.128 e. The van der Waals surface area contributed by atoms with Gasteiger partial charge in [0.05, 0.1) is 6.04 Å². The molecule has 0 heterocycles. The highest BCUT2D eigenvalue weighted by Crippen LogP contribution is 2.31. The molecule has 0 bridgehead atoms. The van der Waals surface area contributed by atoms with Crippen LogP contribution >= 0.6 is 23.2 Å². The molecule has 0 aliphatic rings. The third-order valence-electron chi connectivity index (χ3n) is 3.14. The Hall–Kier alpha value is -1.16. The lowest BCUT2D eigenvalue weighted by atomic mass is 9.97. The summed E-state index contributed by atoms with van der Waals surface area (Å²) >= 11 is 12.1. The first kappa shape index (κ1) is 16.2. The van der Waals surface area contributed by atoms with Crippen molar-refractivity contribution in [2.45, 2.75) is 19.4 Å². The quantitative estimate of drug-likeness (QED) is 0.778. The molecule has 0 fully saturated rings. The Morgan fingerprint density at radius 3 is 2.52 bits per heavy atom. The first-order valence-electron chi connectivity index (χ1n) is 6.66. The Kier molecular flexibility index (Phi) is 5.57. The average Bonchev–Trinajstić information content (AvgIpc) is 2.46. The summed E-state index contributed by atoms with van der Waals surface area (Å²) in [4.78, 5) is 0. The fraction of sp³-hybridized carbons (Fsp3) is 0.250. The highest BCUT2D eigenvalue weighted by Gasteiger charge is 2.20. The van der Waals surface area contributed by atoms with E-state index in [2.05, 4.69) is 5.32 Å². The Morgan fingerprint density at radius 1 is 1.05 bits per heavy atom. The van der Waals surface area contributed by atoms with Crippen LogP contribution in [0.3, 0.4) is 0 Å². The van der Waals surface area contributed by atoms with E-state index >= 15 is 0 Å². The van der Waals surface area contributed by atoms with E-state index in [1.54, 1.807) is 0 Å². The van der Waals surface area contributed by atoms with Gasteiger partial charge in [-0.05, 0) is 54.9 Å². The molecule has 2 aromatic carbocycles. The van der Waals surface area contributed by atoms with Crippen molar-refractivity contribution in [1.29, 1.82) is 0 Å². The molecule has 2 rings (SSSR count). The number of hydrogen-bond acceptors (Lipinski definition) is 1. The van der Waals surface area contributed by atoms with Gasteiger partial charge in [0.2, 0.25) is 0 Å². The van der Waals surface area contributed by atoms with E-state index in [9.17, 15) is 8.78 Å². The van der Waals surface area contributed by atoms with E-state index < -0.39 is 17.7 Å². The van der Waals surface area contributed by atoms with Crippen LogP contribution in [-0.2, 0) is 0 Å². The summed E-state index contributed by atoms with van der Waals surface area (Å²) in [6, 6.07) is 7.82. The fourth-order valence-corrected chi connectivity index (χ4v) is 2.55. The Bertz CT molecular complexity index is 580. The van der Waals surface area contributed by atoms with Gasteiger partial charge in [0.15, 0.2) is 0 Å². The van der Waals surface area contributed by atoms with E-state index in [4.69, 9.17) is 23.2 Å². The summed E-state index contributed by atoms with van der Waals surface area (Å²) in [6.07, 6.45) is 0.853. The van der Waals surface area contributed by atoms with Crippen LogP contribution in [0.15, 0.2) is 36.4 Å². The molecule has 0 aromatic heterocycles. The van der Waals surface area contributed by atoms with Crippen molar-refractivity contribution in [3.8, 4) is 0 Å². The van der Waals surface area contributed by atoms with Gasteiger partial charge >= 0.3 is 0 Å². The predicted molar refractivity (Wildman–Crippen MR) is 83.0 cm³/mol. The first-order chi connectivity index (χ1) is 10.0. The Balaban J connectivity index is 2.52. The second kappa shape index (κ2) is 7.21.